The largest absolute Gasteiger partial charge is 0.886 e. The number of nitrogens with one attached hydrogen (secondary N) is 1. The summed E-state index contributed by atoms with van der Waals surface area (Å²) in [5.74, 6) is -1.22. The van der Waals surface area contributed by atoms with E-state index in [1.165, 1.54) is 13.5 Å². The lowest BCUT2D eigenvalue weighted by atomic mass is 10.4. The van der Waals surface area contributed by atoms with Crippen LogP contribution in [0.5, 0.6) is 0 Å². The molecular weight excluding hydrogens is 777 g/mol. The molecule has 2 fully saturated rings. The quantitative estimate of drug-likeness (QED) is 0.0906. The van der Waals surface area contributed by atoms with Gasteiger partial charge in [0.2, 0.25) is 8.48 Å². The SMILES string of the molecule is CC[Si@](C)(N[C@@H](C)C(=O)O)[O][Al]1[O][Si](O)(O)O[Si]2(O)[O][Al]([O][Si](O)(O)O2)[O][Si](OC)(OC)O[Si](OC)(OC)O[Si](OC)(OC)[O]1. The third-order valence-corrected chi connectivity index (χ3v) is 31.9. The number of fused-ring (bicyclic) bond motifs is 2. The Labute approximate surface area is 275 Å². The van der Waals surface area contributed by atoms with Gasteiger partial charge in [-0.1, -0.05) is 6.92 Å². The van der Waals surface area contributed by atoms with Crippen LogP contribution in [-0.4, -0.2) is 177 Å². The predicted octanol–water partition coefficient (Wildman–Crippen LogP) is -5.24. The van der Waals surface area contributed by atoms with Gasteiger partial charge in [-0.2, -0.15) is 0 Å². The van der Waals surface area contributed by atoms with E-state index in [1.54, 1.807) is 6.92 Å². The van der Waals surface area contributed by atoms with Crippen molar-refractivity contribution in [2.45, 2.75) is 32.5 Å². The van der Waals surface area contributed by atoms with Crippen LogP contribution in [0.3, 0.4) is 0 Å². The van der Waals surface area contributed by atoms with E-state index in [-0.39, 0.29) is 6.04 Å². The fraction of sp³-hybridized carbons (Fsp3) is 0.917. The van der Waals surface area contributed by atoms with E-state index in [2.05, 4.69) is 9.10 Å². The van der Waals surface area contributed by atoms with Crippen LogP contribution < -0.4 is 4.98 Å². The maximum absolute atomic E-state index is 11.6. The van der Waals surface area contributed by atoms with Crippen LogP contribution >= 0.6 is 0 Å². The molecule has 7 N–H and O–H groups in total. The molecule has 0 amide bonds. The second-order valence-electron chi connectivity index (χ2n) is 8.83. The Morgan fingerprint density at radius 1 is 0.733 bits per heavy atom. The normalized spacial score (nSPS) is 28.5. The molecule has 0 saturated carbocycles. The molecule has 3 atom stereocenters. The lowest BCUT2D eigenvalue weighted by Crippen LogP contribution is -2.74. The summed E-state index contributed by atoms with van der Waals surface area (Å²) in [6, 6.07) is -0.965. The first-order valence-electron chi connectivity index (χ1n) is 12.5. The van der Waals surface area contributed by atoms with Crippen molar-refractivity contribution in [2.75, 3.05) is 42.7 Å². The zero-order valence-corrected chi connectivity index (χ0v) is 34.9. The number of rotatable bonds is 12. The summed E-state index contributed by atoms with van der Waals surface area (Å²) in [6.07, 6.45) is 0. The van der Waals surface area contributed by atoms with Gasteiger partial charge in [0.05, 0.1) is 6.04 Å². The maximum Gasteiger partial charge on any atom is 0.886 e. The maximum atomic E-state index is 11.6. The Balaban J connectivity index is 2.75. The van der Waals surface area contributed by atoms with Crippen molar-refractivity contribution in [3.05, 3.63) is 0 Å². The van der Waals surface area contributed by atoms with E-state index < -0.39 is 105 Å². The van der Waals surface area contributed by atoms with Crippen molar-refractivity contribution < 1.29 is 97.8 Å². The van der Waals surface area contributed by atoms with Gasteiger partial charge in [0.25, 0.3) is 0 Å². The first kappa shape index (κ1) is 42.3. The Bertz CT molecular complexity index is 983. The molecule has 2 aliphatic rings. The summed E-state index contributed by atoms with van der Waals surface area (Å²) >= 11 is -8.32. The minimum atomic E-state index is -5.76. The molecule has 0 aromatic heterocycles. The van der Waals surface area contributed by atoms with Crippen molar-refractivity contribution in [2.24, 2.45) is 0 Å². The molecule has 33 heteroatoms. The molecule has 2 heterocycles. The Hall–Kier alpha value is 1.17. The monoisotopic (exact) mass is 813 g/mol. The Kier molecular flexibility index (Phi) is 15.5. The molecule has 2 bridgehead atoms. The number of hydrogen-bond acceptors (Lipinski definition) is 23. The van der Waals surface area contributed by atoms with Gasteiger partial charge in [0, 0.05) is 42.7 Å². The van der Waals surface area contributed by atoms with Crippen LogP contribution in [0.25, 0.3) is 0 Å². The highest BCUT2D eigenvalue weighted by atomic mass is 28.5. The number of hydrogen-bond donors (Lipinski definition) is 7. The van der Waals surface area contributed by atoms with Gasteiger partial charge < -0.3 is 97.9 Å². The second kappa shape index (κ2) is 16.5. The van der Waals surface area contributed by atoms with E-state index in [4.69, 9.17) is 59.8 Å². The van der Waals surface area contributed by atoms with Crippen molar-refractivity contribution in [1.29, 1.82) is 0 Å². The fourth-order valence-electron chi connectivity index (χ4n) is 3.31. The lowest BCUT2D eigenvalue weighted by Gasteiger charge is -2.42. The number of carbonyl (C=O) groups is 1. The van der Waals surface area contributed by atoms with Crippen molar-refractivity contribution in [3.8, 4) is 0 Å². The van der Waals surface area contributed by atoms with Crippen molar-refractivity contribution in [3.63, 3.8) is 0 Å². The summed E-state index contributed by atoms with van der Waals surface area (Å²) in [7, 11) is -27.7. The number of aliphatic carboxylic acids is 1. The summed E-state index contributed by atoms with van der Waals surface area (Å²) in [6.45, 7) is 4.52. The van der Waals surface area contributed by atoms with E-state index in [0.717, 1.165) is 42.7 Å². The van der Waals surface area contributed by atoms with Gasteiger partial charge in [-0.3, -0.25) is 4.79 Å². The lowest BCUT2D eigenvalue weighted by molar-refractivity contribution is -0.138. The molecule has 0 spiro atoms. The molecule has 2 saturated heterocycles. The third kappa shape index (κ3) is 11.6. The summed E-state index contributed by atoms with van der Waals surface area (Å²) < 4.78 is 87.0. The van der Waals surface area contributed by atoms with Gasteiger partial charge in [-0.05, 0) is 19.5 Å². The molecule has 2 rings (SSSR count). The highest BCUT2D eigenvalue weighted by Crippen LogP contribution is 2.31. The highest BCUT2D eigenvalue weighted by Gasteiger charge is 2.74. The molecule has 0 radical (unpaired) electrons. The summed E-state index contributed by atoms with van der Waals surface area (Å²) in [5.41, 5.74) is 0. The minimum absolute atomic E-state index is 0.173. The minimum Gasteiger partial charge on any atom is -0.488 e. The highest BCUT2D eigenvalue weighted by molar-refractivity contribution is 6.85. The third-order valence-electron chi connectivity index (χ3n) is 5.67. The zero-order chi connectivity index (χ0) is 34.5. The zero-order valence-electron chi connectivity index (χ0n) is 25.6. The molecule has 24 nitrogen and oxygen atoms in total. The molecule has 0 aromatic rings. The smallest absolute Gasteiger partial charge is 0.488 e. The molecular formula is C12H37Al2NO23Si7. The molecule has 2 aliphatic heterocycles. The van der Waals surface area contributed by atoms with E-state index in [9.17, 15) is 33.9 Å². The molecule has 45 heavy (non-hydrogen) atoms. The van der Waals surface area contributed by atoms with Gasteiger partial charge in [-0.25, -0.2) is 0 Å². The van der Waals surface area contributed by atoms with Crippen molar-refractivity contribution >= 4 is 99.0 Å². The molecule has 0 aliphatic carbocycles. The van der Waals surface area contributed by atoms with E-state index in [1.807, 2.05) is 0 Å². The Morgan fingerprint density at radius 3 is 1.60 bits per heavy atom. The van der Waals surface area contributed by atoms with Gasteiger partial charge in [-0.15, -0.1) is 0 Å². The van der Waals surface area contributed by atoms with Crippen LogP contribution in [0.2, 0.25) is 12.6 Å². The number of carboxylic acid groups (broad SMARTS) is 1. The predicted molar refractivity (Wildman–Crippen MR) is 152 cm³/mol. The summed E-state index contributed by atoms with van der Waals surface area (Å²) in [5, 5.41) is 9.44. The van der Waals surface area contributed by atoms with E-state index in [0.29, 0.717) is 0 Å². The average Bonchev–Trinajstić information content (AvgIpc) is 2.93. The number of carboxylic acids is 1. The van der Waals surface area contributed by atoms with Crippen LogP contribution in [0.1, 0.15) is 13.8 Å². The van der Waals surface area contributed by atoms with Crippen LogP contribution in [0.15, 0.2) is 0 Å². The van der Waals surface area contributed by atoms with Gasteiger partial charge in [0.15, 0.2) is 0 Å². The first-order valence-corrected chi connectivity index (χ1v) is 27.9. The average molecular weight is 814 g/mol. The van der Waals surface area contributed by atoms with Crippen LogP contribution in [0.4, 0.5) is 0 Å². The van der Waals surface area contributed by atoms with E-state index >= 15 is 0 Å². The van der Waals surface area contributed by atoms with Crippen LogP contribution in [-0.2, 0) is 68.7 Å². The molecule has 1 unspecified atom stereocenters. The fourth-order valence-corrected chi connectivity index (χ4v) is 30.5. The summed E-state index contributed by atoms with van der Waals surface area (Å²) in [4.78, 5) is 67.6. The molecule has 0 aromatic carbocycles. The second-order valence-corrected chi connectivity index (χ2v) is 31.1. The van der Waals surface area contributed by atoms with Crippen LogP contribution in [0, 0.1) is 0 Å². The standard InChI is InChI=1S/C6H14NO3Si.C6H18O10Si3.2Al.H5O10Si3/c1-4-11(3,10)7-5(2)6(8)9;1-9-17(7,10-2)15-19(13-5,14-6)16-18(8,11-3)12-4;;;1-11(2,3)9-13(7,8)10-12(4,5)6/h5,7H,4H2,1-3H3,(H,8,9);1-6H3;;;1-2,4-5,7H/q-1;-2;2*+3;-3/t5-,11+;;;;/m0..../s1. The van der Waals surface area contributed by atoms with Crippen molar-refractivity contribution in [1.82, 2.24) is 4.98 Å². The van der Waals surface area contributed by atoms with Gasteiger partial charge >= 0.3 is 90.6 Å². The van der Waals surface area contributed by atoms with Gasteiger partial charge in [0.1, 0.15) is 0 Å². The topological polar surface area (TPSA) is 298 Å². The Morgan fingerprint density at radius 2 is 1.18 bits per heavy atom. The molecule has 262 valence electrons. The first-order chi connectivity index (χ1) is 20.7.